The van der Waals surface area contributed by atoms with Gasteiger partial charge in [-0.25, -0.2) is 0 Å². The highest BCUT2D eigenvalue weighted by Gasteiger charge is 2.24. The van der Waals surface area contributed by atoms with E-state index in [9.17, 15) is 4.79 Å². The largest absolute Gasteiger partial charge is 0.379 e. The summed E-state index contributed by atoms with van der Waals surface area (Å²) in [6, 6.07) is 0.147. The lowest BCUT2D eigenvalue weighted by molar-refractivity contribution is -0.123. The molecule has 20 heavy (non-hydrogen) atoms. The van der Waals surface area contributed by atoms with Gasteiger partial charge in [0.15, 0.2) is 0 Å². The summed E-state index contributed by atoms with van der Waals surface area (Å²) in [5.41, 5.74) is -0.189. The Morgan fingerprint density at radius 3 is 2.70 bits per heavy atom. The van der Waals surface area contributed by atoms with Gasteiger partial charge in [0.25, 0.3) is 0 Å². The maximum absolute atomic E-state index is 12.1. The lowest BCUT2D eigenvalue weighted by atomic mass is 9.85. The molecular formula is C16H32N2O2. The summed E-state index contributed by atoms with van der Waals surface area (Å²) in [6.45, 7) is 10.5. The minimum absolute atomic E-state index is 0.147. The number of carbonyl (C=O) groups is 1. The molecule has 0 saturated carbocycles. The van der Waals surface area contributed by atoms with Gasteiger partial charge in [0.05, 0.1) is 5.60 Å². The number of nitrogens with one attached hydrogen (secondary N) is 2. The van der Waals surface area contributed by atoms with Crippen LogP contribution in [0.1, 0.15) is 53.4 Å². The van der Waals surface area contributed by atoms with Crippen molar-refractivity contribution in [3.8, 4) is 0 Å². The zero-order chi connectivity index (χ0) is 15.2. The Balaban J connectivity index is 2.31. The number of carbonyl (C=O) groups excluding carboxylic acids is 1. The van der Waals surface area contributed by atoms with Crippen molar-refractivity contribution in [2.75, 3.05) is 20.2 Å². The van der Waals surface area contributed by atoms with Gasteiger partial charge in [0, 0.05) is 19.6 Å². The molecule has 1 saturated heterocycles. The van der Waals surface area contributed by atoms with E-state index in [0.717, 1.165) is 19.5 Å². The minimum Gasteiger partial charge on any atom is -0.379 e. The van der Waals surface area contributed by atoms with Crippen molar-refractivity contribution in [3.63, 3.8) is 0 Å². The van der Waals surface area contributed by atoms with Crippen LogP contribution < -0.4 is 10.6 Å². The number of hydrogen-bond acceptors (Lipinski definition) is 3. The van der Waals surface area contributed by atoms with Crippen molar-refractivity contribution in [1.82, 2.24) is 10.6 Å². The number of amides is 1. The molecule has 4 heteroatoms. The third kappa shape index (κ3) is 6.23. The molecule has 1 amide bonds. The van der Waals surface area contributed by atoms with Crippen molar-refractivity contribution in [1.29, 1.82) is 0 Å². The lowest BCUT2D eigenvalue weighted by Crippen LogP contribution is -2.40. The molecule has 0 aromatic heterocycles. The van der Waals surface area contributed by atoms with Crippen LogP contribution in [0, 0.1) is 11.8 Å². The smallest absolute Gasteiger partial charge is 0.220 e. The number of piperidine rings is 1. The predicted octanol–water partition coefficient (Wildman–Crippen LogP) is 2.33. The SMILES string of the molecule is COC(C)(C)CC(C)NC(=O)CC(C)C1CCCNC1. The average Bonchev–Trinajstić information content (AvgIpc) is 2.38. The Kier molecular flexibility index (Phi) is 6.96. The molecule has 0 radical (unpaired) electrons. The van der Waals surface area contributed by atoms with Crippen LogP contribution in [0.3, 0.4) is 0 Å². The summed E-state index contributed by atoms with van der Waals surface area (Å²) in [7, 11) is 1.71. The molecule has 3 atom stereocenters. The maximum Gasteiger partial charge on any atom is 0.220 e. The summed E-state index contributed by atoms with van der Waals surface area (Å²) in [6.07, 6.45) is 3.93. The van der Waals surface area contributed by atoms with E-state index < -0.39 is 0 Å². The van der Waals surface area contributed by atoms with E-state index in [4.69, 9.17) is 4.74 Å². The summed E-state index contributed by atoms with van der Waals surface area (Å²) >= 11 is 0. The Morgan fingerprint density at radius 2 is 2.15 bits per heavy atom. The zero-order valence-corrected chi connectivity index (χ0v) is 13.8. The van der Waals surface area contributed by atoms with Gasteiger partial charge in [0.2, 0.25) is 5.91 Å². The van der Waals surface area contributed by atoms with Gasteiger partial charge in [-0.2, -0.15) is 0 Å². The van der Waals surface area contributed by atoms with E-state index in [-0.39, 0.29) is 17.6 Å². The van der Waals surface area contributed by atoms with Crippen LogP contribution in [0.25, 0.3) is 0 Å². The normalized spacial score (nSPS) is 23.1. The molecule has 4 nitrogen and oxygen atoms in total. The monoisotopic (exact) mass is 284 g/mol. The van der Waals surface area contributed by atoms with E-state index in [1.807, 2.05) is 20.8 Å². The van der Waals surface area contributed by atoms with Crippen molar-refractivity contribution in [2.24, 2.45) is 11.8 Å². The fourth-order valence-electron chi connectivity index (χ4n) is 3.03. The highest BCUT2D eigenvalue weighted by molar-refractivity contribution is 5.76. The van der Waals surface area contributed by atoms with Gasteiger partial charge < -0.3 is 15.4 Å². The van der Waals surface area contributed by atoms with Crippen LogP contribution in [-0.4, -0.2) is 37.7 Å². The first-order chi connectivity index (χ1) is 9.34. The van der Waals surface area contributed by atoms with E-state index in [1.165, 1.54) is 12.8 Å². The van der Waals surface area contributed by atoms with E-state index in [2.05, 4.69) is 17.6 Å². The minimum atomic E-state index is -0.189. The van der Waals surface area contributed by atoms with Crippen molar-refractivity contribution >= 4 is 5.91 Å². The molecule has 0 aromatic rings. The first-order valence-corrected chi connectivity index (χ1v) is 7.89. The molecule has 1 fully saturated rings. The highest BCUT2D eigenvalue weighted by atomic mass is 16.5. The van der Waals surface area contributed by atoms with E-state index in [0.29, 0.717) is 18.3 Å². The van der Waals surface area contributed by atoms with Gasteiger partial charge in [-0.3, -0.25) is 4.79 Å². The molecule has 0 spiro atoms. The molecule has 0 aromatic carbocycles. The lowest BCUT2D eigenvalue weighted by Gasteiger charge is -2.29. The fraction of sp³-hybridized carbons (Fsp3) is 0.938. The number of rotatable bonds is 7. The first kappa shape index (κ1) is 17.4. The Labute approximate surface area is 124 Å². The molecule has 1 aliphatic rings. The van der Waals surface area contributed by atoms with Crippen LogP contribution in [0.15, 0.2) is 0 Å². The molecular weight excluding hydrogens is 252 g/mol. The van der Waals surface area contributed by atoms with Crippen molar-refractivity contribution in [3.05, 3.63) is 0 Å². The molecule has 2 N–H and O–H groups in total. The summed E-state index contributed by atoms with van der Waals surface area (Å²) in [4.78, 5) is 12.1. The average molecular weight is 284 g/mol. The number of methoxy groups -OCH3 is 1. The second-order valence-corrected chi connectivity index (χ2v) is 6.92. The Morgan fingerprint density at radius 1 is 1.45 bits per heavy atom. The molecule has 1 rings (SSSR count). The van der Waals surface area contributed by atoms with E-state index >= 15 is 0 Å². The molecule has 1 aliphatic heterocycles. The first-order valence-electron chi connectivity index (χ1n) is 7.89. The van der Waals surface area contributed by atoms with Gasteiger partial charge in [-0.05, 0) is 65.0 Å². The highest BCUT2D eigenvalue weighted by Crippen LogP contribution is 2.22. The molecule has 0 aliphatic carbocycles. The fourth-order valence-corrected chi connectivity index (χ4v) is 3.03. The maximum atomic E-state index is 12.1. The van der Waals surface area contributed by atoms with Crippen molar-refractivity contribution in [2.45, 2.75) is 65.0 Å². The Bertz CT molecular complexity index is 299. The second-order valence-electron chi connectivity index (χ2n) is 6.92. The third-order valence-electron chi connectivity index (χ3n) is 4.40. The second kappa shape index (κ2) is 7.99. The van der Waals surface area contributed by atoms with Crippen molar-refractivity contribution < 1.29 is 9.53 Å². The van der Waals surface area contributed by atoms with Crippen LogP contribution in [-0.2, 0) is 9.53 Å². The molecule has 1 heterocycles. The summed E-state index contributed by atoms with van der Waals surface area (Å²) in [5, 5.41) is 6.52. The van der Waals surface area contributed by atoms with Crippen LogP contribution >= 0.6 is 0 Å². The Hall–Kier alpha value is -0.610. The summed E-state index contributed by atoms with van der Waals surface area (Å²) in [5.74, 6) is 1.26. The topological polar surface area (TPSA) is 50.4 Å². The summed E-state index contributed by atoms with van der Waals surface area (Å²) < 4.78 is 5.41. The molecule has 3 unspecified atom stereocenters. The molecule has 118 valence electrons. The molecule has 0 bridgehead atoms. The van der Waals surface area contributed by atoms with Crippen LogP contribution in [0.2, 0.25) is 0 Å². The van der Waals surface area contributed by atoms with Gasteiger partial charge in [0.1, 0.15) is 0 Å². The zero-order valence-electron chi connectivity index (χ0n) is 13.8. The van der Waals surface area contributed by atoms with E-state index in [1.54, 1.807) is 7.11 Å². The number of ether oxygens (including phenoxy) is 1. The predicted molar refractivity (Wildman–Crippen MR) is 82.7 cm³/mol. The number of hydrogen-bond donors (Lipinski definition) is 2. The quantitative estimate of drug-likeness (QED) is 0.754. The van der Waals surface area contributed by atoms with Gasteiger partial charge >= 0.3 is 0 Å². The van der Waals surface area contributed by atoms with Gasteiger partial charge in [-0.1, -0.05) is 6.92 Å². The van der Waals surface area contributed by atoms with Gasteiger partial charge in [-0.15, -0.1) is 0 Å². The third-order valence-corrected chi connectivity index (χ3v) is 4.40. The van der Waals surface area contributed by atoms with Crippen LogP contribution in [0.4, 0.5) is 0 Å². The van der Waals surface area contributed by atoms with Crippen LogP contribution in [0.5, 0.6) is 0 Å². The standard InChI is InChI=1S/C16H32N2O2/c1-12(14-7-6-8-17-11-14)9-15(19)18-13(2)10-16(3,4)20-5/h12-14,17H,6-11H2,1-5H3,(H,18,19).